The van der Waals surface area contributed by atoms with E-state index in [9.17, 15) is 14.9 Å². The number of hydrogen-bond acceptors (Lipinski definition) is 4. The first kappa shape index (κ1) is 13.8. The molecule has 2 rings (SSSR count). The minimum absolute atomic E-state index is 0.0593. The third-order valence-electron chi connectivity index (χ3n) is 2.20. The molecule has 2 aromatic rings. The molecule has 0 unspecified atom stereocenters. The lowest BCUT2D eigenvalue weighted by Gasteiger charge is -2.04. The number of amides is 1. The lowest BCUT2D eigenvalue weighted by Crippen LogP contribution is -2.12. The molecule has 0 spiro atoms. The van der Waals surface area contributed by atoms with E-state index in [2.05, 4.69) is 37.2 Å². The number of halogens is 2. The normalized spacial score (nSPS) is 10.2. The Hall–Kier alpha value is -1.67. The van der Waals surface area contributed by atoms with Crippen molar-refractivity contribution < 1.29 is 14.1 Å². The Morgan fingerprint density at radius 2 is 2.00 bits per heavy atom. The molecule has 6 nitrogen and oxygen atoms in total. The van der Waals surface area contributed by atoms with Gasteiger partial charge in [-0.1, -0.05) is 15.9 Å². The highest BCUT2D eigenvalue weighted by atomic mass is 79.9. The zero-order chi connectivity index (χ0) is 14.0. The molecule has 0 aliphatic heterocycles. The molecule has 0 radical (unpaired) electrons. The van der Waals surface area contributed by atoms with Crippen LogP contribution in [0, 0.1) is 10.1 Å². The Kier molecular flexibility index (Phi) is 4.01. The second-order valence-corrected chi connectivity index (χ2v) is 5.17. The number of carbonyl (C=O) groups is 1. The molecular formula is C11H6Br2N2O4. The summed E-state index contributed by atoms with van der Waals surface area (Å²) < 4.78 is 6.03. The first-order valence-electron chi connectivity index (χ1n) is 4.98. The predicted octanol–water partition coefficient (Wildman–Crippen LogP) is 3.97. The molecule has 0 saturated carbocycles. The molecule has 0 fully saturated rings. The SMILES string of the molecule is O=C(Nc1ccc(Br)cc1[N+](=O)[O-])c1ccc(Br)o1. The zero-order valence-corrected chi connectivity index (χ0v) is 12.4. The van der Waals surface area contributed by atoms with Crippen LogP contribution in [-0.2, 0) is 0 Å². The topological polar surface area (TPSA) is 85.4 Å². The summed E-state index contributed by atoms with van der Waals surface area (Å²) in [5, 5.41) is 13.3. The molecule has 0 aliphatic rings. The van der Waals surface area contributed by atoms with Gasteiger partial charge in [-0.05, 0) is 40.2 Å². The van der Waals surface area contributed by atoms with Crippen LogP contribution in [0.25, 0.3) is 0 Å². The maximum absolute atomic E-state index is 11.8. The van der Waals surface area contributed by atoms with Crippen LogP contribution in [0.4, 0.5) is 11.4 Å². The molecule has 0 saturated heterocycles. The van der Waals surface area contributed by atoms with Crippen LogP contribution in [-0.4, -0.2) is 10.8 Å². The van der Waals surface area contributed by atoms with Gasteiger partial charge in [0.15, 0.2) is 10.4 Å². The number of nitrogens with zero attached hydrogens (tertiary/aromatic N) is 1. The molecule has 0 bridgehead atoms. The van der Waals surface area contributed by atoms with Gasteiger partial charge in [-0.15, -0.1) is 0 Å². The Morgan fingerprint density at radius 1 is 1.26 bits per heavy atom. The highest BCUT2D eigenvalue weighted by molar-refractivity contribution is 9.10. The van der Waals surface area contributed by atoms with E-state index in [1.165, 1.54) is 18.2 Å². The van der Waals surface area contributed by atoms with Crippen LogP contribution < -0.4 is 5.32 Å². The van der Waals surface area contributed by atoms with Gasteiger partial charge in [-0.3, -0.25) is 14.9 Å². The minimum Gasteiger partial charge on any atom is -0.444 e. The van der Waals surface area contributed by atoms with Crippen molar-refractivity contribution in [1.82, 2.24) is 0 Å². The van der Waals surface area contributed by atoms with E-state index in [-0.39, 0.29) is 17.1 Å². The summed E-state index contributed by atoms with van der Waals surface area (Å²) in [7, 11) is 0. The summed E-state index contributed by atoms with van der Waals surface area (Å²) in [6.45, 7) is 0. The van der Waals surface area contributed by atoms with E-state index < -0.39 is 10.8 Å². The molecule has 19 heavy (non-hydrogen) atoms. The summed E-state index contributed by atoms with van der Waals surface area (Å²) in [5.41, 5.74) is -0.0981. The smallest absolute Gasteiger partial charge is 0.293 e. The lowest BCUT2D eigenvalue weighted by atomic mass is 10.2. The third-order valence-corrected chi connectivity index (χ3v) is 3.12. The van der Waals surface area contributed by atoms with E-state index in [0.29, 0.717) is 9.14 Å². The maximum Gasteiger partial charge on any atom is 0.293 e. The number of carbonyl (C=O) groups excluding carboxylic acids is 1. The molecule has 1 amide bonds. The fraction of sp³-hybridized carbons (Fsp3) is 0. The van der Waals surface area contributed by atoms with Crippen molar-refractivity contribution in [1.29, 1.82) is 0 Å². The van der Waals surface area contributed by atoms with Crippen molar-refractivity contribution in [3.8, 4) is 0 Å². The van der Waals surface area contributed by atoms with E-state index >= 15 is 0 Å². The van der Waals surface area contributed by atoms with Crippen LogP contribution in [0.15, 0.2) is 43.9 Å². The number of hydrogen-bond donors (Lipinski definition) is 1. The number of furan rings is 1. The molecule has 1 N–H and O–H groups in total. The second kappa shape index (κ2) is 5.54. The predicted molar refractivity (Wildman–Crippen MR) is 75.2 cm³/mol. The Morgan fingerprint density at radius 3 is 2.58 bits per heavy atom. The molecule has 1 heterocycles. The summed E-state index contributed by atoms with van der Waals surface area (Å²) in [5.74, 6) is -0.500. The average Bonchev–Trinajstić information content (AvgIpc) is 2.78. The highest BCUT2D eigenvalue weighted by Gasteiger charge is 2.18. The quantitative estimate of drug-likeness (QED) is 0.635. The van der Waals surface area contributed by atoms with Gasteiger partial charge in [0.2, 0.25) is 0 Å². The van der Waals surface area contributed by atoms with Gasteiger partial charge < -0.3 is 9.73 Å². The van der Waals surface area contributed by atoms with Crippen molar-refractivity contribution >= 4 is 49.1 Å². The van der Waals surface area contributed by atoms with Crippen molar-refractivity contribution in [2.45, 2.75) is 0 Å². The first-order valence-corrected chi connectivity index (χ1v) is 6.56. The van der Waals surface area contributed by atoms with E-state index in [1.54, 1.807) is 12.1 Å². The van der Waals surface area contributed by atoms with Crippen molar-refractivity contribution in [2.24, 2.45) is 0 Å². The fourth-order valence-electron chi connectivity index (χ4n) is 1.38. The van der Waals surface area contributed by atoms with Gasteiger partial charge in [0, 0.05) is 10.5 Å². The van der Waals surface area contributed by atoms with Gasteiger partial charge >= 0.3 is 0 Å². The standard InChI is InChI=1S/C11H6Br2N2O4/c12-6-1-2-7(8(5-6)15(17)18)14-11(16)9-3-4-10(13)19-9/h1-5H,(H,14,16). The molecule has 98 valence electrons. The van der Waals surface area contributed by atoms with Crippen molar-refractivity contribution in [3.05, 3.63) is 55.3 Å². The largest absolute Gasteiger partial charge is 0.444 e. The molecule has 8 heteroatoms. The highest BCUT2D eigenvalue weighted by Crippen LogP contribution is 2.28. The van der Waals surface area contributed by atoms with E-state index in [1.807, 2.05) is 0 Å². The Labute approximate surface area is 124 Å². The number of benzene rings is 1. The number of nitro benzene ring substituents is 1. The van der Waals surface area contributed by atoms with Crippen LogP contribution in [0.1, 0.15) is 10.6 Å². The van der Waals surface area contributed by atoms with Gasteiger partial charge in [-0.25, -0.2) is 0 Å². The molecule has 0 atom stereocenters. The number of nitro groups is 1. The van der Waals surface area contributed by atoms with Crippen molar-refractivity contribution in [3.63, 3.8) is 0 Å². The summed E-state index contributed by atoms with van der Waals surface area (Å²) in [6, 6.07) is 7.38. The van der Waals surface area contributed by atoms with Crippen LogP contribution in [0.2, 0.25) is 0 Å². The van der Waals surface area contributed by atoms with Gasteiger partial charge in [0.1, 0.15) is 5.69 Å². The third kappa shape index (κ3) is 3.21. The average molecular weight is 390 g/mol. The summed E-state index contributed by atoms with van der Waals surface area (Å²) in [4.78, 5) is 22.2. The Balaban J connectivity index is 2.28. The summed E-state index contributed by atoms with van der Waals surface area (Å²) >= 11 is 6.21. The van der Waals surface area contributed by atoms with E-state index in [4.69, 9.17) is 4.42 Å². The number of anilines is 1. The number of rotatable bonds is 3. The lowest BCUT2D eigenvalue weighted by molar-refractivity contribution is -0.384. The van der Waals surface area contributed by atoms with Crippen LogP contribution in [0.5, 0.6) is 0 Å². The number of nitrogens with one attached hydrogen (secondary N) is 1. The van der Waals surface area contributed by atoms with Crippen LogP contribution in [0.3, 0.4) is 0 Å². The minimum atomic E-state index is -0.571. The molecule has 1 aromatic carbocycles. The van der Waals surface area contributed by atoms with Gasteiger partial charge in [-0.2, -0.15) is 0 Å². The zero-order valence-electron chi connectivity index (χ0n) is 9.22. The first-order chi connectivity index (χ1) is 8.97. The Bertz CT molecular complexity index is 654. The molecule has 0 aliphatic carbocycles. The summed E-state index contributed by atoms with van der Waals surface area (Å²) in [6.07, 6.45) is 0. The van der Waals surface area contributed by atoms with Crippen molar-refractivity contribution in [2.75, 3.05) is 5.32 Å². The van der Waals surface area contributed by atoms with E-state index in [0.717, 1.165) is 0 Å². The van der Waals surface area contributed by atoms with Crippen LogP contribution >= 0.6 is 31.9 Å². The molecule has 1 aromatic heterocycles. The second-order valence-electron chi connectivity index (χ2n) is 3.48. The fourth-order valence-corrected chi connectivity index (χ4v) is 2.04. The van der Waals surface area contributed by atoms with Gasteiger partial charge in [0.05, 0.1) is 4.92 Å². The van der Waals surface area contributed by atoms with Gasteiger partial charge in [0.25, 0.3) is 11.6 Å². The monoisotopic (exact) mass is 388 g/mol. The molecular weight excluding hydrogens is 384 g/mol. The maximum atomic E-state index is 11.8.